The van der Waals surface area contributed by atoms with Crippen LogP contribution in [0.25, 0.3) is 0 Å². The molecule has 1 rings (SSSR count). The Kier molecular flexibility index (Phi) is 3.16. The van der Waals surface area contributed by atoms with Gasteiger partial charge in [-0.15, -0.1) is 0 Å². The maximum absolute atomic E-state index is 8.49. The van der Waals surface area contributed by atoms with Crippen molar-refractivity contribution in [1.29, 1.82) is 0 Å². The van der Waals surface area contributed by atoms with E-state index in [2.05, 4.69) is 11.8 Å². The van der Waals surface area contributed by atoms with Crippen LogP contribution < -0.4 is 0 Å². The summed E-state index contributed by atoms with van der Waals surface area (Å²) < 4.78 is 0. The highest BCUT2D eigenvalue weighted by atomic mass is 17.1. The lowest BCUT2D eigenvalue weighted by molar-refractivity contribution is -0.295. The predicted octanol–water partition coefficient (Wildman–Crippen LogP) is 2.44. The smallest absolute Gasteiger partial charge is 0.0955 e. The summed E-state index contributed by atoms with van der Waals surface area (Å²) in [6, 6.07) is 0. The summed E-state index contributed by atoms with van der Waals surface area (Å²) in [6.45, 7) is 2.15. The Morgan fingerprint density at radius 3 is 2.60 bits per heavy atom. The minimum Gasteiger partial charge on any atom is -0.252 e. The molecule has 0 aromatic carbocycles. The molecule has 2 atom stereocenters. The number of hydrogen-bond acceptors (Lipinski definition) is 2. The van der Waals surface area contributed by atoms with E-state index in [-0.39, 0.29) is 6.10 Å². The SMILES string of the molecule is CCC1CCCCC1OO. The van der Waals surface area contributed by atoms with E-state index in [9.17, 15) is 0 Å². The molecule has 10 heavy (non-hydrogen) atoms. The summed E-state index contributed by atoms with van der Waals surface area (Å²) in [7, 11) is 0. The molecule has 0 aromatic heterocycles. The fraction of sp³-hybridized carbons (Fsp3) is 1.00. The van der Waals surface area contributed by atoms with Crippen LogP contribution in [0.4, 0.5) is 0 Å². The zero-order valence-electron chi connectivity index (χ0n) is 6.55. The largest absolute Gasteiger partial charge is 0.252 e. The highest BCUT2D eigenvalue weighted by molar-refractivity contribution is 4.73. The lowest BCUT2D eigenvalue weighted by Crippen LogP contribution is -2.25. The predicted molar refractivity (Wildman–Crippen MR) is 39.8 cm³/mol. The van der Waals surface area contributed by atoms with Gasteiger partial charge in [0.2, 0.25) is 0 Å². The van der Waals surface area contributed by atoms with Crippen LogP contribution >= 0.6 is 0 Å². The molecule has 0 amide bonds. The Hall–Kier alpha value is -0.0800. The van der Waals surface area contributed by atoms with Crippen molar-refractivity contribution < 1.29 is 10.1 Å². The van der Waals surface area contributed by atoms with Crippen LogP contribution in [-0.4, -0.2) is 11.4 Å². The first kappa shape index (κ1) is 8.02. The normalized spacial score (nSPS) is 34.2. The van der Waals surface area contributed by atoms with Crippen molar-refractivity contribution in [3.05, 3.63) is 0 Å². The fourth-order valence-electron chi connectivity index (χ4n) is 1.78. The molecule has 1 aliphatic rings. The van der Waals surface area contributed by atoms with E-state index in [1.165, 1.54) is 19.3 Å². The van der Waals surface area contributed by atoms with Gasteiger partial charge in [0, 0.05) is 0 Å². The Balaban J connectivity index is 2.34. The minimum atomic E-state index is 0.124. The molecule has 0 saturated heterocycles. The maximum Gasteiger partial charge on any atom is 0.0955 e. The Morgan fingerprint density at radius 2 is 2.10 bits per heavy atom. The van der Waals surface area contributed by atoms with Gasteiger partial charge in [-0.05, 0) is 18.8 Å². The summed E-state index contributed by atoms with van der Waals surface area (Å²) in [5, 5.41) is 8.49. The number of rotatable bonds is 2. The van der Waals surface area contributed by atoms with Gasteiger partial charge in [-0.3, -0.25) is 5.26 Å². The Morgan fingerprint density at radius 1 is 1.40 bits per heavy atom. The average molecular weight is 144 g/mol. The van der Waals surface area contributed by atoms with Gasteiger partial charge in [0.1, 0.15) is 0 Å². The third-order valence-electron chi connectivity index (χ3n) is 2.50. The van der Waals surface area contributed by atoms with Crippen LogP contribution in [-0.2, 0) is 4.89 Å². The second-order valence-corrected chi connectivity index (χ2v) is 3.10. The zero-order valence-corrected chi connectivity index (χ0v) is 6.55. The van der Waals surface area contributed by atoms with Crippen LogP contribution in [0.5, 0.6) is 0 Å². The highest BCUT2D eigenvalue weighted by Crippen LogP contribution is 2.28. The molecule has 1 fully saturated rings. The Labute approximate surface area is 62.1 Å². The van der Waals surface area contributed by atoms with Crippen molar-refractivity contribution in [2.24, 2.45) is 5.92 Å². The van der Waals surface area contributed by atoms with Crippen molar-refractivity contribution >= 4 is 0 Å². The van der Waals surface area contributed by atoms with Gasteiger partial charge in [0.25, 0.3) is 0 Å². The van der Waals surface area contributed by atoms with Crippen molar-refractivity contribution in [3.8, 4) is 0 Å². The van der Waals surface area contributed by atoms with Crippen LogP contribution in [0.15, 0.2) is 0 Å². The van der Waals surface area contributed by atoms with E-state index in [0.717, 1.165) is 12.8 Å². The van der Waals surface area contributed by atoms with Crippen LogP contribution in [0, 0.1) is 5.92 Å². The van der Waals surface area contributed by atoms with Gasteiger partial charge in [-0.2, -0.15) is 0 Å². The van der Waals surface area contributed by atoms with Crippen molar-refractivity contribution in [3.63, 3.8) is 0 Å². The topological polar surface area (TPSA) is 29.5 Å². The average Bonchev–Trinajstić information content (AvgIpc) is 2.04. The quantitative estimate of drug-likeness (QED) is 0.476. The van der Waals surface area contributed by atoms with Crippen LogP contribution in [0.2, 0.25) is 0 Å². The maximum atomic E-state index is 8.49. The molecule has 60 valence electrons. The summed E-state index contributed by atoms with van der Waals surface area (Å²) in [4.78, 5) is 4.39. The molecule has 0 aliphatic heterocycles. The molecule has 2 heteroatoms. The molecule has 1 saturated carbocycles. The molecule has 0 aromatic rings. The molecule has 1 aliphatic carbocycles. The number of hydrogen-bond donors (Lipinski definition) is 1. The standard InChI is InChI=1S/C8H16O2/c1-2-7-5-3-4-6-8(7)10-9/h7-9H,2-6H2,1H3. The molecule has 2 unspecified atom stereocenters. The lowest BCUT2D eigenvalue weighted by atomic mass is 9.85. The second kappa shape index (κ2) is 3.94. The summed E-state index contributed by atoms with van der Waals surface area (Å²) in [6.07, 6.45) is 6.03. The van der Waals surface area contributed by atoms with E-state index in [1.54, 1.807) is 0 Å². The van der Waals surface area contributed by atoms with Gasteiger partial charge >= 0.3 is 0 Å². The van der Waals surface area contributed by atoms with Gasteiger partial charge in [-0.1, -0.05) is 26.2 Å². The van der Waals surface area contributed by atoms with Gasteiger partial charge in [0.15, 0.2) is 0 Å². The van der Waals surface area contributed by atoms with Gasteiger partial charge < -0.3 is 0 Å². The molecule has 1 N–H and O–H groups in total. The molecule has 0 spiro atoms. The van der Waals surface area contributed by atoms with Gasteiger partial charge in [0.05, 0.1) is 6.10 Å². The summed E-state index contributed by atoms with van der Waals surface area (Å²) in [5.41, 5.74) is 0. The second-order valence-electron chi connectivity index (χ2n) is 3.10. The zero-order chi connectivity index (χ0) is 7.40. The van der Waals surface area contributed by atoms with E-state index in [0.29, 0.717) is 5.92 Å². The summed E-state index contributed by atoms with van der Waals surface area (Å²) in [5.74, 6) is 0.596. The third-order valence-corrected chi connectivity index (χ3v) is 2.50. The highest BCUT2D eigenvalue weighted by Gasteiger charge is 2.23. The molecule has 0 bridgehead atoms. The molecule has 2 nitrogen and oxygen atoms in total. The first-order valence-electron chi connectivity index (χ1n) is 4.18. The van der Waals surface area contributed by atoms with E-state index in [1.807, 2.05) is 0 Å². The first-order chi connectivity index (χ1) is 4.88. The first-order valence-corrected chi connectivity index (χ1v) is 4.18. The molecular formula is C8H16O2. The van der Waals surface area contributed by atoms with E-state index >= 15 is 0 Å². The van der Waals surface area contributed by atoms with E-state index < -0.39 is 0 Å². The van der Waals surface area contributed by atoms with Crippen molar-refractivity contribution in [2.75, 3.05) is 0 Å². The van der Waals surface area contributed by atoms with Crippen molar-refractivity contribution in [1.82, 2.24) is 0 Å². The Bertz CT molecular complexity index is 81.3. The molecular weight excluding hydrogens is 128 g/mol. The summed E-state index contributed by atoms with van der Waals surface area (Å²) >= 11 is 0. The lowest BCUT2D eigenvalue weighted by Gasteiger charge is -2.27. The molecule has 0 radical (unpaired) electrons. The fourth-order valence-corrected chi connectivity index (χ4v) is 1.78. The van der Waals surface area contributed by atoms with Gasteiger partial charge in [-0.25, -0.2) is 4.89 Å². The van der Waals surface area contributed by atoms with Crippen LogP contribution in [0.1, 0.15) is 39.0 Å². The van der Waals surface area contributed by atoms with Crippen molar-refractivity contribution in [2.45, 2.75) is 45.1 Å². The third kappa shape index (κ3) is 1.70. The molecule has 0 heterocycles. The van der Waals surface area contributed by atoms with Crippen LogP contribution in [0.3, 0.4) is 0 Å². The van der Waals surface area contributed by atoms with E-state index in [4.69, 9.17) is 5.26 Å². The minimum absolute atomic E-state index is 0.124. The monoisotopic (exact) mass is 144 g/mol.